The molecule has 5 rings (SSSR count). The first-order chi connectivity index (χ1) is 15.0. The highest BCUT2D eigenvalue weighted by molar-refractivity contribution is 7.22. The summed E-state index contributed by atoms with van der Waals surface area (Å²) < 4.78 is 14.8. The number of nitrogens with one attached hydrogen (secondary N) is 2. The highest BCUT2D eigenvalue weighted by atomic mass is 32.1. The summed E-state index contributed by atoms with van der Waals surface area (Å²) in [6.45, 7) is 8.82. The largest absolute Gasteiger partial charge is 0.379 e. The van der Waals surface area contributed by atoms with Gasteiger partial charge in [0.15, 0.2) is 6.23 Å². The van der Waals surface area contributed by atoms with Crippen molar-refractivity contribution in [2.75, 3.05) is 30.5 Å². The number of hydrogen-bond acceptors (Lipinski definition) is 7. The van der Waals surface area contributed by atoms with Gasteiger partial charge in [-0.1, -0.05) is 0 Å². The zero-order valence-corrected chi connectivity index (χ0v) is 19.3. The van der Waals surface area contributed by atoms with E-state index in [1.165, 1.54) is 11.1 Å². The molecule has 0 bridgehead atoms. The minimum Gasteiger partial charge on any atom is -0.379 e. The molecule has 7 nitrogen and oxygen atoms in total. The van der Waals surface area contributed by atoms with E-state index in [1.54, 1.807) is 11.3 Å². The van der Waals surface area contributed by atoms with E-state index >= 15 is 0 Å². The number of nitrogens with zero attached hydrogens (tertiary/aromatic N) is 3. The van der Waals surface area contributed by atoms with Gasteiger partial charge in [0.1, 0.15) is 5.82 Å². The van der Waals surface area contributed by atoms with E-state index < -0.39 is 0 Å². The van der Waals surface area contributed by atoms with Crippen molar-refractivity contribution in [2.45, 2.75) is 64.3 Å². The highest BCUT2D eigenvalue weighted by Crippen LogP contribution is 2.40. The molecule has 3 aromatic rings. The lowest BCUT2D eigenvalue weighted by atomic mass is 10.1. The zero-order chi connectivity index (χ0) is 21.4. The monoisotopic (exact) mass is 441 g/mol. The molecule has 2 aliphatic rings. The van der Waals surface area contributed by atoms with E-state index in [9.17, 15) is 0 Å². The Labute approximate surface area is 187 Å². The molecule has 0 spiro atoms. The molecule has 2 aliphatic heterocycles. The van der Waals surface area contributed by atoms with Gasteiger partial charge < -0.3 is 20.1 Å². The molecular formula is C23H31N5O2S. The van der Waals surface area contributed by atoms with Crippen molar-refractivity contribution in [2.24, 2.45) is 0 Å². The third-order valence-corrected chi connectivity index (χ3v) is 6.80. The molecule has 0 radical (unpaired) electrons. The molecule has 2 unspecified atom stereocenters. The Morgan fingerprint density at radius 3 is 2.81 bits per heavy atom. The molecule has 0 aromatic carbocycles. The zero-order valence-electron chi connectivity index (χ0n) is 18.5. The molecule has 2 N–H and O–H groups in total. The lowest BCUT2D eigenvalue weighted by Crippen LogP contribution is -2.27. The van der Waals surface area contributed by atoms with Crippen LogP contribution in [0.15, 0.2) is 24.4 Å². The second-order valence-corrected chi connectivity index (χ2v) is 10.5. The maximum atomic E-state index is 6.00. The van der Waals surface area contributed by atoms with Crippen LogP contribution in [-0.2, 0) is 9.47 Å². The van der Waals surface area contributed by atoms with E-state index in [0.717, 1.165) is 66.7 Å². The van der Waals surface area contributed by atoms with Crippen LogP contribution in [0.2, 0.25) is 0 Å². The summed E-state index contributed by atoms with van der Waals surface area (Å²) in [6, 6.07) is 6.73. The average Bonchev–Trinajstić information content (AvgIpc) is 3.47. The van der Waals surface area contributed by atoms with Crippen LogP contribution in [0.5, 0.6) is 0 Å². The fraction of sp³-hybridized carbons (Fsp3) is 0.565. The molecule has 2 fully saturated rings. The third kappa shape index (κ3) is 4.56. The number of ether oxygens (including phenoxy) is 2. The molecule has 166 valence electrons. The summed E-state index contributed by atoms with van der Waals surface area (Å²) in [6.07, 6.45) is 6.22. The fourth-order valence-corrected chi connectivity index (χ4v) is 5.32. The van der Waals surface area contributed by atoms with Crippen LogP contribution in [0, 0.1) is 0 Å². The Morgan fingerprint density at radius 1 is 1.16 bits per heavy atom. The van der Waals surface area contributed by atoms with Crippen molar-refractivity contribution in [3.8, 4) is 10.6 Å². The van der Waals surface area contributed by atoms with Gasteiger partial charge in [0, 0.05) is 31.0 Å². The summed E-state index contributed by atoms with van der Waals surface area (Å²) >= 11 is 1.76. The number of aromatic nitrogens is 3. The van der Waals surface area contributed by atoms with Crippen LogP contribution in [0.3, 0.4) is 0 Å². The Kier molecular flexibility index (Phi) is 5.62. The van der Waals surface area contributed by atoms with Gasteiger partial charge in [-0.2, -0.15) is 5.10 Å². The maximum absolute atomic E-state index is 6.00. The van der Waals surface area contributed by atoms with Crippen molar-refractivity contribution in [3.05, 3.63) is 24.4 Å². The maximum Gasteiger partial charge on any atom is 0.150 e. The predicted octanol–water partition coefficient (Wildman–Crippen LogP) is 5.27. The minimum atomic E-state index is -0.0653. The van der Waals surface area contributed by atoms with E-state index in [0.29, 0.717) is 6.04 Å². The summed E-state index contributed by atoms with van der Waals surface area (Å²) in [4.78, 5) is 6.10. The van der Waals surface area contributed by atoms with Crippen LogP contribution in [-0.4, -0.2) is 46.2 Å². The Balaban J connectivity index is 1.54. The molecule has 0 aliphatic carbocycles. The number of fused-ring (bicyclic) bond motifs is 1. The van der Waals surface area contributed by atoms with Gasteiger partial charge in [-0.05, 0) is 58.6 Å². The molecule has 2 saturated heterocycles. The second kappa shape index (κ2) is 8.41. The Morgan fingerprint density at radius 2 is 2.06 bits per heavy atom. The predicted molar refractivity (Wildman–Crippen MR) is 126 cm³/mol. The van der Waals surface area contributed by atoms with Gasteiger partial charge >= 0.3 is 0 Å². The van der Waals surface area contributed by atoms with Crippen LogP contribution in [0.25, 0.3) is 20.8 Å². The smallest absolute Gasteiger partial charge is 0.150 e. The van der Waals surface area contributed by atoms with Gasteiger partial charge in [0.2, 0.25) is 0 Å². The molecular weight excluding hydrogens is 410 g/mol. The van der Waals surface area contributed by atoms with E-state index in [4.69, 9.17) is 14.5 Å². The lowest BCUT2D eigenvalue weighted by molar-refractivity contribution is -0.0383. The lowest BCUT2D eigenvalue weighted by Gasteiger charge is -2.24. The first-order valence-corrected chi connectivity index (χ1v) is 12.0. The molecule has 31 heavy (non-hydrogen) atoms. The quantitative estimate of drug-likeness (QED) is 0.562. The van der Waals surface area contributed by atoms with Gasteiger partial charge in [0.25, 0.3) is 0 Å². The van der Waals surface area contributed by atoms with E-state index in [2.05, 4.69) is 54.7 Å². The van der Waals surface area contributed by atoms with Crippen molar-refractivity contribution in [3.63, 3.8) is 0 Å². The minimum absolute atomic E-state index is 0.0169. The van der Waals surface area contributed by atoms with Crippen molar-refractivity contribution >= 4 is 33.1 Å². The van der Waals surface area contributed by atoms with Crippen LogP contribution in [0.4, 0.5) is 11.5 Å². The van der Waals surface area contributed by atoms with Crippen molar-refractivity contribution < 1.29 is 9.47 Å². The molecule has 8 heteroatoms. The van der Waals surface area contributed by atoms with Crippen molar-refractivity contribution in [1.82, 2.24) is 14.8 Å². The average molecular weight is 442 g/mol. The van der Waals surface area contributed by atoms with Crippen LogP contribution < -0.4 is 10.6 Å². The molecule has 3 aromatic heterocycles. The standard InChI is InChI=1S/C23H31N5O2S/c1-23(2,3)27-20-13-17(25-15-8-11-29-14-15)22-16(26-20)12-19(31-22)18-7-9-24-28(18)21-6-4-5-10-30-21/h7,9,12-13,15,21H,4-6,8,10-11,14H2,1-3H3,(H2,25,26,27). The summed E-state index contributed by atoms with van der Waals surface area (Å²) in [5.74, 6) is 0.884. The molecule has 0 amide bonds. The number of pyridine rings is 1. The first-order valence-electron chi connectivity index (χ1n) is 11.2. The first kappa shape index (κ1) is 20.7. The number of anilines is 2. The fourth-order valence-electron chi connectivity index (χ4n) is 4.23. The third-order valence-electron chi connectivity index (χ3n) is 5.62. The summed E-state index contributed by atoms with van der Waals surface area (Å²) in [5.41, 5.74) is 3.14. The van der Waals surface area contributed by atoms with Gasteiger partial charge in [-0.3, -0.25) is 0 Å². The highest BCUT2D eigenvalue weighted by Gasteiger charge is 2.23. The summed E-state index contributed by atoms with van der Waals surface area (Å²) in [7, 11) is 0. The Hall–Kier alpha value is -2.16. The van der Waals surface area contributed by atoms with Crippen LogP contribution >= 0.6 is 11.3 Å². The van der Waals surface area contributed by atoms with Gasteiger partial charge in [-0.15, -0.1) is 11.3 Å². The van der Waals surface area contributed by atoms with Gasteiger partial charge in [-0.25, -0.2) is 9.67 Å². The normalized spacial score (nSPS) is 22.2. The molecule has 5 heterocycles. The topological polar surface area (TPSA) is 73.2 Å². The van der Waals surface area contributed by atoms with Crippen LogP contribution in [0.1, 0.15) is 52.7 Å². The van der Waals surface area contributed by atoms with Gasteiger partial charge in [0.05, 0.1) is 39.1 Å². The molecule has 2 atom stereocenters. The SMILES string of the molecule is CC(C)(C)Nc1cc(NC2CCOC2)c2sc(-c3ccnn3C3CCCCO3)cc2n1. The second-order valence-electron chi connectivity index (χ2n) is 9.44. The van der Waals surface area contributed by atoms with Crippen molar-refractivity contribution in [1.29, 1.82) is 0 Å². The van der Waals surface area contributed by atoms with E-state index in [-0.39, 0.29) is 11.8 Å². The summed E-state index contributed by atoms with van der Waals surface area (Å²) in [5, 5.41) is 11.8. The Bertz CT molecular complexity index is 1040. The van der Waals surface area contributed by atoms with E-state index in [1.807, 2.05) is 10.9 Å². The molecule has 0 saturated carbocycles. The number of hydrogen-bond donors (Lipinski definition) is 2. The number of thiophene rings is 1. The number of rotatable bonds is 5.